The normalized spacial score (nSPS) is 24.6. The smallest absolute Gasteiger partial charge is 0.381 e. The molecule has 2 saturated heterocycles. The van der Waals surface area contributed by atoms with E-state index < -0.39 is 34.8 Å². The fraction of sp³-hybridized carbons (Fsp3) is 0.560. The number of rotatable bonds is 7. The van der Waals surface area contributed by atoms with E-state index in [1.807, 2.05) is 4.90 Å². The summed E-state index contributed by atoms with van der Waals surface area (Å²) in [5, 5.41) is 14.0. The van der Waals surface area contributed by atoms with Crippen molar-refractivity contribution in [1.29, 1.82) is 0 Å². The lowest BCUT2D eigenvalue weighted by molar-refractivity contribution is -0.525. The molecule has 2 fully saturated rings. The number of anilines is 1. The second-order valence-electron chi connectivity index (χ2n) is 9.92. The average Bonchev–Trinajstić information content (AvgIpc) is 3.35. The first kappa shape index (κ1) is 28.7. The van der Waals surface area contributed by atoms with Gasteiger partial charge in [0.2, 0.25) is 11.9 Å². The first-order valence-electron chi connectivity index (χ1n) is 12.6. The lowest BCUT2D eigenvalue weighted by Crippen LogP contribution is -2.47. The van der Waals surface area contributed by atoms with Gasteiger partial charge in [-0.05, 0) is 48.9 Å². The highest BCUT2D eigenvalue weighted by atomic mass is 19.4. The third kappa shape index (κ3) is 7.22. The second-order valence-corrected chi connectivity index (χ2v) is 9.92. The average molecular weight is 562 g/mol. The van der Waals surface area contributed by atoms with E-state index in [9.17, 15) is 41.3 Å². The van der Waals surface area contributed by atoms with E-state index in [0.717, 1.165) is 24.3 Å². The van der Waals surface area contributed by atoms with Gasteiger partial charge in [0.1, 0.15) is 5.92 Å². The minimum Gasteiger partial charge on any atom is -0.381 e. The summed E-state index contributed by atoms with van der Waals surface area (Å²) < 4.78 is 78.2. The molecule has 2 heterocycles. The van der Waals surface area contributed by atoms with E-state index in [0.29, 0.717) is 57.9 Å². The highest BCUT2D eigenvalue weighted by molar-refractivity contribution is 5.76. The van der Waals surface area contributed by atoms with Crippen LogP contribution in [0.2, 0.25) is 0 Å². The highest BCUT2D eigenvalue weighted by Crippen LogP contribution is 2.35. The minimum absolute atomic E-state index is 0.0702. The molecular weight excluding hydrogens is 532 g/mol. The summed E-state index contributed by atoms with van der Waals surface area (Å²) in [6.07, 6.45) is -5.26. The Balaban J connectivity index is 1.20. The summed E-state index contributed by atoms with van der Waals surface area (Å²) >= 11 is 0. The summed E-state index contributed by atoms with van der Waals surface area (Å²) in [6, 6.07) is 2.92. The number of amides is 1. The number of allylic oxidation sites excluding steroid dienone is 1. The number of piperazine rings is 1. The number of likely N-dealkylation sites (tertiary alicyclic amines) is 1. The SMILES string of the molecule is O=C(CCN1CCN(c2ccc(C(F)(F)F)cc2)CC1)N1CC[C@@H](NC2=CC(C(F)(F)F)C([N+](=O)[O-])C=C2)C1. The van der Waals surface area contributed by atoms with Crippen molar-refractivity contribution in [3.05, 3.63) is 63.9 Å². The van der Waals surface area contributed by atoms with Crippen LogP contribution in [0.5, 0.6) is 0 Å². The molecule has 0 bridgehead atoms. The van der Waals surface area contributed by atoms with E-state index in [1.165, 1.54) is 18.2 Å². The van der Waals surface area contributed by atoms with Gasteiger partial charge in [-0.15, -0.1) is 0 Å². The minimum atomic E-state index is -4.75. The maximum Gasteiger partial charge on any atom is 0.416 e. The van der Waals surface area contributed by atoms with E-state index >= 15 is 0 Å². The van der Waals surface area contributed by atoms with Crippen LogP contribution in [-0.2, 0) is 11.0 Å². The van der Waals surface area contributed by atoms with Crippen LogP contribution in [0.25, 0.3) is 0 Å². The van der Waals surface area contributed by atoms with Gasteiger partial charge in [-0.2, -0.15) is 26.3 Å². The zero-order valence-electron chi connectivity index (χ0n) is 20.9. The first-order valence-corrected chi connectivity index (χ1v) is 12.6. The van der Waals surface area contributed by atoms with Crippen molar-refractivity contribution in [3.8, 4) is 0 Å². The highest BCUT2D eigenvalue weighted by Gasteiger charge is 2.49. The van der Waals surface area contributed by atoms with Crippen LogP contribution in [0.4, 0.5) is 32.0 Å². The predicted octanol–water partition coefficient (Wildman–Crippen LogP) is 3.69. The van der Waals surface area contributed by atoms with E-state index in [4.69, 9.17) is 0 Å². The molecule has 3 atom stereocenters. The summed E-state index contributed by atoms with van der Waals surface area (Å²) in [5.41, 5.74) is 0.178. The molecule has 1 aromatic carbocycles. The zero-order chi connectivity index (χ0) is 28.4. The number of nitrogens with one attached hydrogen (secondary N) is 1. The summed E-state index contributed by atoms with van der Waals surface area (Å²) in [4.78, 5) is 28.6. The van der Waals surface area contributed by atoms with Gasteiger partial charge in [-0.3, -0.25) is 19.8 Å². The van der Waals surface area contributed by atoms with Gasteiger partial charge in [-0.1, -0.05) is 0 Å². The van der Waals surface area contributed by atoms with Crippen molar-refractivity contribution in [2.24, 2.45) is 5.92 Å². The van der Waals surface area contributed by atoms with Gasteiger partial charge < -0.3 is 15.1 Å². The van der Waals surface area contributed by atoms with Crippen molar-refractivity contribution >= 4 is 11.6 Å². The number of halogens is 6. The quantitative estimate of drug-likeness (QED) is 0.311. The third-order valence-electron chi connectivity index (χ3n) is 7.31. The van der Waals surface area contributed by atoms with Crippen molar-refractivity contribution < 1.29 is 36.1 Å². The number of alkyl halides is 6. The Kier molecular flexibility index (Phi) is 8.42. The molecule has 0 saturated carbocycles. The molecule has 1 aromatic rings. The molecule has 4 rings (SSSR count). The van der Waals surface area contributed by atoms with Crippen molar-refractivity contribution in [2.75, 3.05) is 50.7 Å². The van der Waals surface area contributed by atoms with Gasteiger partial charge in [-0.25, -0.2) is 0 Å². The van der Waals surface area contributed by atoms with E-state index in [2.05, 4.69) is 10.2 Å². The van der Waals surface area contributed by atoms with Crippen molar-refractivity contribution in [1.82, 2.24) is 15.1 Å². The van der Waals surface area contributed by atoms with Crippen LogP contribution in [0, 0.1) is 16.0 Å². The van der Waals surface area contributed by atoms with Gasteiger partial charge in [0, 0.05) is 74.6 Å². The maximum absolute atomic E-state index is 13.3. The lowest BCUT2D eigenvalue weighted by atomic mass is 9.93. The molecule has 2 aliphatic heterocycles. The molecular formula is C25H29F6N5O3. The number of nitro groups is 1. The van der Waals surface area contributed by atoms with Gasteiger partial charge in [0.15, 0.2) is 0 Å². The Morgan fingerprint density at radius 1 is 1.03 bits per heavy atom. The molecule has 1 N–H and O–H groups in total. The van der Waals surface area contributed by atoms with Gasteiger partial charge in [0.05, 0.1) is 5.56 Å². The standard InChI is InChI=1S/C25H29F6N5O3/c26-24(27,28)17-1-4-20(5-2-17)34-13-11-33(12-14-34)9-8-23(37)35-10-7-19(16-35)32-18-3-6-22(36(38)39)21(15-18)25(29,30)31/h1-6,15,19,21-22,32H,7-14,16H2/t19-,21?,22?/m1/s1. The zero-order valence-corrected chi connectivity index (χ0v) is 20.9. The summed E-state index contributed by atoms with van der Waals surface area (Å²) in [5.74, 6) is -2.29. The number of nitrogens with zero attached hydrogens (tertiary/aromatic N) is 4. The Morgan fingerprint density at radius 3 is 2.28 bits per heavy atom. The van der Waals surface area contributed by atoms with Crippen molar-refractivity contribution in [3.63, 3.8) is 0 Å². The van der Waals surface area contributed by atoms with Gasteiger partial charge >= 0.3 is 12.4 Å². The van der Waals surface area contributed by atoms with Crippen LogP contribution < -0.4 is 10.2 Å². The fourth-order valence-corrected chi connectivity index (χ4v) is 5.10. The van der Waals surface area contributed by atoms with Crippen molar-refractivity contribution in [2.45, 2.75) is 37.3 Å². The molecule has 214 valence electrons. The topological polar surface area (TPSA) is 82.0 Å². The summed E-state index contributed by atoms with van der Waals surface area (Å²) in [6.45, 7) is 3.85. The lowest BCUT2D eigenvalue weighted by Gasteiger charge is -2.36. The molecule has 8 nitrogen and oxygen atoms in total. The molecule has 0 aromatic heterocycles. The van der Waals surface area contributed by atoms with E-state index in [-0.39, 0.29) is 24.1 Å². The van der Waals surface area contributed by atoms with Crippen LogP contribution in [0.1, 0.15) is 18.4 Å². The van der Waals surface area contributed by atoms with Crippen LogP contribution in [-0.4, -0.2) is 84.7 Å². The monoisotopic (exact) mass is 561 g/mol. The molecule has 39 heavy (non-hydrogen) atoms. The summed E-state index contributed by atoms with van der Waals surface area (Å²) in [7, 11) is 0. The van der Waals surface area contributed by atoms with Crippen LogP contribution in [0.15, 0.2) is 48.2 Å². The Labute approximate surface area is 221 Å². The fourth-order valence-electron chi connectivity index (χ4n) is 5.10. The molecule has 0 spiro atoms. The Bertz CT molecular complexity index is 1100. The largest absolute Gasteiger partial charge is 0.416 e. The first-order chi connectivity index (χ1) is 18.3. The third-order valence-corrected chi connectivity index (χ3v) is 7.31. The Morgan fingerprint density at radius 2 is 1.69 bits per heavy atom. The molecule has 0 radical (unpaired) electrons. The number of carbonyl (C=O) groups excluding carboxylic acids is 1. The molecule has 14 heteroatoms. The van der Waals surface area contributed by atoms with E-state index in [1.54, 1.807) is 4.90 Å². The molecule has 2 unspecified atom stereocenters. The second kappa shape index (κ2) is 11.4. The molecule has 3 aliphatic rings. The molecule has 1 aliphatic carbocycles. The van der Waals surface area contributed by atoms with Crippen LogP contribution >= 0.6 is 0 Å². The van der Waals surface area contributed by atoms with Crippen LogP contribution in [0.3, 0.4) is 0 Å². The number of hydrogen-bond donors (Lipinski definition) is 1. The maximum atomic E-state index is 13.3. The molecule has 1 amide bonds. The number of carbonyl (C=O) groups is 1. The Hall–Kier alpha value is -3.29. The number of hydrogen-bond acceptors (Lipinski definition) is 6. The van der Waals surface area contributed by atoms with Gasteiger partial charge in [0.25, 0.3) is 0 Å². The number of benzene rings is 1. The predicted molar refractivity (Wildman–Crippen MR) is 130 cm³/mol.